The van der Waals surface area contributed by atoms with Crippen molar-refractivity contribution in [2.45, 2.75) is 13.5 Å². The summed E-state index contributed by atoms with van der Waals surface area (Å²) >= 11 is 2.08. The molecule has 3 nitrogen and oxygen atoms in total. The van der Waals surface area contributed by atoms with Crippen LogP contribution in [0.25, 0.3) is 0 Å². The lowest BCUT2D eigenvalue weighted by molar-refractivity contribution is 0.264. The van der Waals surface area contributed by atoms with Gasteiger partial charge in [0.25, 0.3) is 0 Å². The number of halogens is 2. The topological polar surface area (TPSA) is 42.2 Å². The van der Waals surface area contributed by atoms with Crippen molar-refractivity contribution in [2.75, 3.05) is 6.61 Å². The third-order valence-electron chi connectivity index (χ3n) is 2.77. The summed E-state index contributed by atoms with van der Waals surface area (Å²) in [4.78, 5) is 0. The zero-order valence-electron chi connectivity index (χ0n) is 11.4. The second kappa shape index (κ2) is 7.27. The number of nitrogens with zero attached hydrogens (tertiary/aromatic N) is 1. The average molecular weight is 397 g/mol. The summed E-state index contributed by atoms with van der Waals surface area (Å²) in [5, 5.41) is 8.99. The first-order valence-electron chi connectivity index (χ1n) is 6.38. The van der Waals surface area contributed by atoms with E-state index >= 15 is 0 Å². The Morgan fingerprint density at radius 3 is 2.67 bits per heavy atom. The maximum Gasteiger partial charge on any atom is 0.175 e. The van der Waals surface area contributed by atoms with Gasteiger partial charge in [-0.15, -0.1) is 0 Å². The van der Waals surface area contributed by atoms with Crippen molar-refractivity contribution in [1.82, 2.24) is 0 Å². The molecule has 2 rings (SSSR count). The molecular formula is C16H13FINO2. The van der Waals surface area contributed by atoms with Gasteiger partial charge < -0.3 is 9.47 Å². The van der Waals surface area contributed by atoms with Gasteiger partial charge in [0.1, 0.15) is 12.4 Å². The van der Waals surface area contributed by atoms with E-state index in [2.05, 4.69) is 28.7 Å². The average Bonchev–Trinajstić information content (AvgIpc) is 2.48. The van der Waals surface area contributed by atoms with Gasteiger partial charge in [-0.3, -0.25) is 0 Å². The lowest BCUT2D eigenvalue weighted by atomic mass is 10.2. The van der Waals surface area contributed by atoms with E-state index in [0.29, 0.717) is 29.2 Å². The van der Waals surface area contributed by atoms with Crippen LogP contribution in [-0.4, -0.2) is 6.61 Å². The van der Waals surface area contributed by atoms with Crippen molar-refractivity contribution in [3.63, 3.8) is 0 Å². The number of rotatable bonds is 5. The first-order valence-corrected chi connectivity index (χ1v) is 7.46. The largest absolute Gasteiger partial charge is 0.490 e. The molecule has 0 N–H and O–H groups in total. The minimum Gasteiger partial charge on any atom is -0.490 e. The van der Waals surface area contributed by atoms with Crippen LogP contribution in [-0.2, 0) is 6.61 Å². The summed E-state index contributed by atoms with van der Waals surface area (Å²) in [5.74, 6) is 0.719. The molecule has 0 aromatic heterocycles. The Kier molecular flexibility index (Phi) is 5.39. The van der Waals surface area contributed by atoms with Crippen molar-refractivity contribution < 1.29 is 13.9 Å². The zero-order valence-corrected chi connectivity index (χ0v) is 13.6. The van der Waals surface area contributed by atoms with Crippen molar-refractivity contribution in [3.05, 3.63) is 56.9 Å². The van der Waals surface area contributed by atoms with Gasteiger partial charge in [0.05, 0.1) is 21.8 Å². The lowest BCUT2D eigenvalue weighted by Gasteiger charge is -2.14. The van der Waals surface area contributed by atoms with Crippen LogP contribution < -0.4 is 9.47 Å². The molecule has 108 valence electrons. The number of hydrogen-bond donors (Lipinski definition) is 0. The van der Waals surface area contributed by atoms with Crippen LogP contribution in [0.1, 0.15) is 18.1 Å². The fourth-order valence-electron chi connectivity index (χ4n) is 1.80. The highest BCUT2D eigenvalue weighted by Crippen LogP contribution is 2.34. The Morgan fingerprint density at radius 1 is 1.24 bits per heavy atom. The standard InChI is InChI=1S/C16H13FINO2/c1-2-20-15-8-11(9-19)7-14(18)16(15)21-10-12-5-3-4-6-13(12)17/h3-8H,2,10H2,1H3. The van der Waals surface area contributed by atoms with Gasteiger partial charge in [-0.1, -0.05) is 18.2 Å². The van der Waals surface area contributed by atoms with Crippen molar-refractivity contribution >= 4 is 22.6 Å². The van der Waals surface area contributed by atoms with Crippen molar-refractivity contribution in [1.29, 1.82) is 5.26 Å². The van der Waals surface area contributed by atoms with E-state index in [0.717, 1.165) is 3.57 Å². The molecule has 0 heterocycles. The van der Waals surface area contributed by atoms with Gasteiger partial charge in [-0.05, 0) is 41.6 Å². The van der Waals surface area contributed by atoms with Crippen LogP contribution in [0.15, 0.2) is 36.4 Å². The highest BCUT2D eigenvalue weighted by molar-refractivity contribution is 14.1. The highest BCUT2D eigenvalue weighted by atomic mass is 127. The van der Waals surface area contributed by atoms with E-state index in [-0.39, 0.29) is 12.4 Å². The van der Waals surface area contributed by atoms with Crippen LogP contribution in [0, 0.1) is 20.7 Å². The molecule has 0 aliphatic carbocycles. The minimum atomic E-state index is -0.306. The summed E-state index contributed by atoms with van der Waals surface area (Å²) in [6, 6.07) is 11.9. The summed E-state index contributed by atoms with van der Waals surface area (Å²) in [6.45, 7) is 2.42. The second-order valence-electron chi connectivity index (χ2n) is 4.21. The van der Waals surface area contributed by atoms with Crippen LogP contribution in [0.4, 0.5) is 4.39 Å². The molecule has 2 aromatic rings. The van der Waals surface area contributed by atoms with E-state index in [1.165, 1.54) is 6.07 Å². The summed E-state index contributed by atoms with van der Waals surface area (Å²) in [7, 11) is 0. The molecule has 0 saturated heterocycles. The van der Waals surface area contributed by atoms with Gasteiger partial charge in [0.2, 0.25) is 0 Å². The number of hydrogen-bond acceptors (Lipinski definition) is 3. The highest BCUT2D eigenvalue weighted by Gasteiger charge is 2.13. The van der Waals surface area contributed by atoms with Crippen molar-refractivity contribution in [2.24, 2.45) is 0 Å². The molecule has 21 heavy (non-hydrogen) atoms. The van der Waals surface area contributed by atoms with Gasteiger partial charge in [-0.2, -0.15) is 5.26 Å². The number of nitriles is 1. The molecule has 0 aliphatic rings. The monoisotopic (exact) mass is 397 g/mol. The number of ether oxygens (including phenoxy) is 2. The minimum absolute atomic E-state index is 0.106. The molecule has 0 saturated carbocycles. The molecule has 0 amide bonds. The van der Waals surface area contributed by atoms with Gasteiger partial charge in [0, 0.05) is 11.6 Å². The lowest BCUT2D eigenvalue weighted by Crippen LogP contribution is -2.03. The predicted octanol–water partition coefficient (Wildman–Crippen LogP) is 4.28. The molecule has 0 atom stereocenters. The molecule has 0 radical (unpaired) electrons. The summed E-state index contributed by atoms with van der Waals surface area (Å²) < 4.78 is 25.6. The Morgan fingerprint density at radius 2 is 2.00 bits per heavy atom. The van der Waals surface area contributed by atoms with E-state index in [1.54, 1.807) is 30.3 Å². The van der Waals surface area contributed by atoms with Gasteiger partial charge in [-0.25, -0.2) is 4.39 Å². The maximum atomic E-state index is 13.6. The maximum absolute atomic E-state index is 13.6. The van der Waals surface area contributed by atoms with Crippen LogP contribution in [0.3, 0.4) is 0 Å². The molecule has 0 fully saturated rings. The Balaban J connectivity index is 2.27. The SMILES string of the molecule is CCOc1cc(C#N)cc(I)c1OCc1ccccc1F. The van der Waals surface area contributed by atoms with E-state index in [9.17, 15) is 4.39 Å². The third-order valence-corrected chi connectivity index (χ3v) is 3.57. The van der Waals surface area contributed by atoms with Crippen LogP contribution in [0.5, 0.6) is 11.5 Å². The first-order chi connectivity index (χ1) is 10.2. The predicted molar refractivity (Wildman–Crippen MR) is 85.8 cm³/mol. The summed E-state index contributed by atoms with van der Waals surface area (Å²) in [6.07, 6.45) is 0. The Hall–Kier alpha value is -1.81. The van der Waals surface area contributed by atoms with Gasteiger partial charge >= 0.3 is 0 Å². The van der Waals surface area contributed by atoms with Crippen LogP contribution >= 0.6 is 22.6 Å². The Labute approximate surface area is 136 Å². The molecule has 0 aliphatic heterocycles. The van der Waals surface area contributed by atoms with E-state index < -0.39 is 0 Å². The first kappa shape index (κ1) is 15.6. The smallest absolute Gasteiger partial charge is 0.175 e. The molecule has 0 bridgehead atoms. The second-order valence-corrected chi connectivity index (χ2v) is 5.37. The fraction of sp³-hybridized carbons (Fsp3) is 0.188. The molecule has 0 unspecified atom stereocenters. The van der Waals surface area contributed by atoms with Crippen LogP contribution in [0.2, 0.25) is 0 Å². The normalized spacial score (nSPS) is 10.0. The summed E-state index contributed by atoms with van der Waals surface area (Å²) in [5.41, 5.74) is 0.973. The van der Waals surface area contributed by atoms with E-state index in [4.69, 9.17) is 14.7 Å². The molecule has 5 heteroatoms. The fourth-order valence-corrected chi connectivity index (χ4v) is 2.56. The Bertz CT molecular complexity index is 682. The molecule has 2 aromatic carbocycles. The molecule has 0 spiro atoms. The molecular weight excluding hydrogens is 384 g/mol. The quantitative estimate of drug-likeness (QED) is 0.708. The third kappa shape index (κ3) is 3.85. The zero-order chi connectivity index (χ0) is 15.2. The number of benzene rings is 2. The van der Waals surface area contributed by atoms with E-state index in [1.807, 2.05) is 6.92 Å². The van der Waals surface area contributed by atoms with Gasteiger partial charge in [0.15, 0.2) is 11.5 Å². The van der Waals surface area contributed by atoms with Crippen molar-refractivity contribution in [3.8, 4) is 17.6 Å².